The van der Waals surface area contributed by atoms with E-state index in [2.05, 4.69) is 44.9 Å². The Morgan fingerprint density at radius 3 is 2.21 bits per heavy atom. The summed E-state index contributed by atoms with van der Waals surface area (Å²) < 4.78 is 5.88. The smallest absolute Gasteiger partial charge is 0.162 e. The fraction of sp³-hybridized carbons (Fsp3) is 0.733. The summed E-state index contributed by atoms with van der Waals surface area (Å²) in [5.74, 6) is 1.60. The summed E-state index contributed by atoms with van der Waals surface area (Å²) in [5.41, 5.74) is 0.590. The zero-order chi connectivity index (χ0) is 14.7. The molecule has 0 saturated heterocycles. The van der Waals surface area contributed by atoms with Gasteiger partial charge < -0.3 is 10.1 Å². The SMILES string of the molecule is CCOC(C)(CC)c1nc(NC)cc(C(C)(C)C)n1. The molecule has 108 valence electrons. The molecule has 0 bridgehead atoms. The molecular weight excluding hydrogens is 238 g/mol. The molecule has 0 aliphatic heterocycles. The van der Waals surface area contributed by atoms with Crippen molar-refractivity contribution in [2.24, 2.45) is 0 Å². The molecule has 1 aromatic rings. The highest BCUT2D eigenvalue weighted by Gasteiger charge is 2.30. The minimum Gasteiger partial charge on any atom is -0.373 e. The van der Waals surface area contributed by atoms with Gasteiger partial charge in [0.2, 0.25) is 0 Å². The zero-order valence-corrected chi connectivity index (χ0v) is 13.3. The van der Waals surface area contributed by atoms with Crippen molar-refractivity contribution < 1.29 is 4.74 Å². The highest BCUT2D eigenvalue weighted by molar-refractivity contribution is 5.38. The molecule has 1 N–H and O–H groups in total. The number of hydrogen-bond donors (Lipinski definition) is 1. The van der Waals surface area contributed by atoms with Gasteiger partial charge in [0.15, 0.2) is 5.82 Å². The van der Waals surface area contributed by atoms with E-state index >= 15 is 0 Å². The van der Waals surface area contributed by atoms with Gasteiger partial charge in [-0.25, -0.2) is 9.97 Å². The van der Waals surface area contributed by atoms with Gasteiger partial charge in [-0.1, -0.05) is 27.7 Å². The summed E-state index contributed by atoms with van der Waals surface area (Å²) >= 11 is 0. The van der Waals surface area contributed by atoms with E-state index in [1.54, 1.807) is 0 Å². The van der Waals surface area contributed by atoms with Gasteiger partial charge in [0, 0.05) is 25.1 Å². The van der Waals surface area contributed by atoms with Crippen LogP contribution in [0.1, 0.15) is 59.5 Å². The Bertz CT molecular complexity index is 426. The highest BCUT2D eigenvalue weighted by atomic mass is 16.5. The summed E-state index contributed by atoms with van der Waals surface area (Å²) in [7, 11) is 1.88. The summed E-state index contributed by atoms with van der Waals surface area (Å²) in [5, 5.41) is 3.11. The van der Waals surface area contributed by atoms with Gasteiger partial charge in [0.05, 0.1) is 5.69 Å². The second-order valence-corrected chi connectivity index (χ2v) is 5.98. The van der Waals surface area contributed by atoms with E-state index in [-0.39, 0.29) is 5.41 Å². The molecule has 0 spiro atoms. The first-order chi connectivity index (χ1) is 8.76. The Balaban J connectivity index is 3.34. The van der Waals surface area contributed by atoms with Gasteiger partial charge >= 0.3 is 0 Å². The average molecular weight is 265 g/mol. The van der Waals surface area contributed by atoms with Gasteiger partial charge in [-0.2, -0.15) is 0 Å². The van der Waals surface area contributed by atoms with Crippen LogP contribution in [0.3, 0.4) is 0 Å². The standard InChI is InChI=1S/C15H27N3O/c1-8-15(6,19-9-2)13-17-11(14(3,4)5)10-12(16-7)18-13/h10H,8-9H2,1-7H3,(H,16,17,18). The van der Waals surface area contributed by atoms with Crippen molar-refractivity contribution in [2.45, 2.75) is 59.0 Å². The Kier molecular flexibility index (Phi) is 4.91. The first-order valence-electron chi connectivity index (χ1n) is 6.98. The molecule has 0 saturated carbocycles. The van der Waals surface area contributed by atoms with Crippen LogP contribution in [0.2, 0.25) is 0 Å². The third kappa shape index (κ3) is 3.66. The molecule has 0 aliphatic carbocycles. The van der Waals surface area contributed by atoms with Crippen LogP contribution in [-0.2, 0) is 15.8 Å². The van der Waals surface area contributed by atoms with Crippen LogP contribution in [0.25, 0.3) is 0 Å². The summed E-state index contributed by atoms with van der Waals surface area (Å²) in [6, 6.07) is 2.01. The van der Waals surface area contributed by atoms with E-state index in [0.717, 1.165) is 23.8 Å². The van der Waals surface area contributed by atoms with Crippen molar-refractivity contribution in [1.82, 2.24) is 9.97 Å². The first kappa shape index (κ1) is 15.9. The molecule has 0 aliphatic rings. The topological polar surface area (TPSA) is 47.0 Å². The normalized spacial score (nSPS) is 15.1. The van der Waals surface area contributed by atoms with Crippen molar-refractivity contribution >= 4 is 5.82 Å². The quantitative estimate of drug-likeness (QED) is 0.885. The monoisotopic (exact) mass is 265 g/mol. The molecule has 4 heteroatoms. The van der Waals surface area contributed by atoms with Gasteiger partial charge in [0.25, 0.3) is 0 Å². The molecule has 19 heavy (non-hydrogen) atoms. The fourth-order valence-electron chi connectivity index (χ4n) is 1.84. The molecule has 1 aromatic heterocycles. The van der Waals surface area contributed by atoms with Crippen LogP contribution in [-0.4, -0.2) is 23.6 Å². The van der Waals surface area contributed by atoms with Gasteiger partial charge in [-0.05, 0) is 20.3 Å². The lowest BCUT2D eigenvalue weighted by Crippen LogP contribution is -2.30. The van der Waals surface area contributed by atoms with E-state index in [9.17, 15) is 0 Å². The average Bonchev–Trinajstić information content (AvgIpc) is 2.37. The molecule has 1 heterocycles. The molecule has 1 rings (SSSR count). The maximum Gasteiger partial charge on any atom is 0.162 e. The first-order valence-corrected chi connectivity index (χ1v) is 6.98. The van der Waals surface area contributed by atoms with E-state index in [4.69, 9.17) is 9.72 Å². The third-order valence-corrected chi connectivity index (χ3v) is 3.36. The van der Waals surface area contributed by atoms with Crippen LogP contribution in [0.15, 0.2) is 6.07 Å². The predicted octanol–water partition coefficient (Wildman–Crippen LogP) is 3.48. The van der Waals surface area contributed by atoms with Crippen LogP contribution >= 0.6 is 0 Å². The number of hydrogen-bond acceptors (Lipinski definition) is 4. The van der Waals surface area contributed by atoms with E-state index in [1.165, 1.54) is 0 Å². The predicted molar refractivity (Wildman–Crippen MR) is 79.5 cm³/mol. The van der Waals surface area contributed by atoms with E-state index < -0.39 is 5.60 Å². The lowest BCUT2D eigenvalue weighted by molar-refractivity contribution is -0.0391. The second kappa shape index (κ2) is 5.87. The van der Waals surface area contributed by atoms with E-state index in [0.29, 0.717) is 6.61 Å². The molecular formula is C15H27N3O. The van der Waals surface area contributed by atoms with Crippen LogP contribution in [0, 0.1) is 0 Å². The van der Waals surface area contributed by atoms with Crippen LogP contribution < -0.4 is 5.32 Å². The minimum atomic E-state index is -0.429. The number of nitrogens with one attached hydrogen (secondary N) is 1. The number of anilines is 1. The lowest BCUT2D eigenvalue weighted by Gasteiger charge is -2.29. The Labute approximate surface area is 117 Å². The maximum atomic E-state index is 5.88. The molecule has 0 radical (unpaired) electrons. The highest BCUT2D eigenvalue weighted by Crippen LogP contribution is 2.30. The van der Waals surface area contributed by atoms with Gasteiger partial charge in [0.1, 0.15) is 11.4 Å². The number of aromatic nitrogens is 2. The van der Waals surface area contributed by atoms with Crippen molar-refractivity contribution in [3.63, 3.8) is 0 Å². The summed E-state index contributed by atoms with van der Waals surface area (Å²) in [6.45, 7) is 13.3. The van der Waals surface area contributed by atoms with Crippen molar-refractivity contribution in [3.05, 3.63) is 17.6 Å². The number of nitrogens with zero attached hydrogens (tertiary/aromatic N) is 2. The Hall–Kier alpha value is -1.16. The summed E-state index contributed by atoms with van der Waals surface area (Å²) in [6.07, 6.45) is 0.845. The minimum absolute atomic E-state index is 0.00977. The molecule has 1 unspecified atom stereocenters. The third-order valence-electron chi connectivity index (χ3n) is 3.36. The number of rotatable bonds is 5. The largest absolute Gasteiger partial charge is 0.373 e. The van der Waals surface area contributed by atoms with Gasteiger partial charge in [-0.3, -0.25) is 0 Å². The van der Waals surface area contributed by atoms with Crippen LogP contribution in [0.5, 0.6) is 0 Å². The Morgan fingerprint density at radius 2 is 1.79 bits per heavy atom. The van der Waals surface area contributed by atoms with E-state index in [1.807, 2.05) is 20.0 Å². The molecule has 4 nitrogen and oxygen atoms in total. The van der Waals surface area contributed by atoms with Crippen molar-refractivity contribution in [2.75, 3.05) is 19.0 Å². The van der Waals surface area contributed by atoms with Crippen molar-refractivity contribution in [3.8, 4) is 0 Å². The number of ether oxygens (including phenoxy) is 1. The molecule has 0 aromatic carbocycles. The van der Waals surface area contributed by atoms with Crippen LogP contribution in [0.4, 0.5) is 5.82 Å². The lowest BCUT2D eigenvalue weighted by atomic mass is 9.91. The molecule has 0 fully saturated rings. The maximum absolute atomic E-state index is 5.88. The summed E-state index contributed by atoms with van der Waals surface area (Å²) in [4.78, 5) is 9.32. The second-order valence-electron chi connectivity index (χ2n) is 5.98. The molecule has 1 atom stereocenters. The fourth-order valence-corrected chi connectivity index (χ4v) is 1.84. The molecule has 0 amide bonds. The Morgan fingerprint density at radius 1 is 1.16 bits per heavy atom. The van der Waals surface area contributed by atoms with Crippen molar-refractivity contribution in [1.29, 1.82) is 0 Å². The van der Waals surface area contributed by atoms with Gasteiger partial charge in [-0.15, -0.1) is 0 Å². The zero-order valence-electron chi connectivity index (χ0n) is 13.3.